The lowest BCUT2D eigenvalue weighted by Gasteiger charge is -2.32. The van der Waals surface area contributed by atoms with Gasteiger partial charge in [0.05, 0.1) is 5.92 Å². The molecule has 2 atom stereocenters. The second-order valence-electron chi connectivity index (χ2n) is 4.76. The van der Waals surface area contributed by atoms with Crippen LogP contribution < -0.4 is 10.6 Å². The fraction of sp³-hybridized carbons (Fsp3) is 0.462. The molecule has 92 valence electrons. The number of amides is 1. The summed E-state index contributed by atoms with van der Waals surface area (Å²) in [5.41, 5.74) is 7.11. The van der Waals surface area contributed by atoms with E-state index >= 15 is 0 Å². The number of hydrogen-bond donors (Lipinski definition) is 1. The number of alkyl halides is 1. The van der Waals surface area contributed by atoms with Crippen molar-refractivity contribution in [2.24, 2.45) is 11.7 Å². The number of hydrogen-bond acceptors (Lipinski definition) is 2. The minimum atomic E-state index is -1.69. The molecule has 17 heavy (non-hydrogen) atoms. The van der Waals surface area contributed by atoms with Crippen LogP contribution in [0.2, 0.25) is 0 Å². The van der Waals surface area contributed by atoms with Crippen molar-refractivity contribution in [3.8, 4) is 0 Å². The van der Waals surface area contributed by atoms with E-state index in [1.165, 1.54) is 6.92 Å². The van der Waals surface area contributed by atoms with Gasteiger partial charge in [-0.25, -0.2) is 4.39 Å². The fourth-order valence-electron chi connectivity index (χ4n) is 2.51. The largest absolute Gasteiger partial charge is 0.369 e. The summed E-state index contributed by atoms with van der Waals surface area (Å²) in [5.74, 6) is -2.99. The molecule has 1 aromatic carbocycles. The second-order valence-corrected chi connectivity index (χ2v) is 4.76. The molecule has 0 spiro atoms. The van der Waals surface area contributed by atoms with Crippen LogP contribution in [0.4, 0.5) is 10.1 Å². The minimum absolute atomic E-state index is 0.469. The molecule has 1 aliphatic rings. The maximum atomic E-state index is 14.6. The number of carbonyl (C=O) groups excluding carboxylic acids is 1. The van der Waals surface area contributed by atoms with Gasteiger partial charge in [0.2, 0.25) is 5.91 Å². The topological polar surface area (TPSA) is 46.3 Å². The first-order chi connectivity index (χ1) is 7.93. The standard InChI is InChI=1S/C13H17FN2O/c1-9-4-3-5-10(8-9)16-7-6-11(12(15)17)13(16,2)14/h3-5,8,11H,6-7H2,1-2H3,(H2,15,17). The normalized spacial score (nSPS) is 28.4. The summed E-state index contributed by atoms with van der Waals surface area (Å²) in [7, 11) is 0. The predicted molar refractivity (Wildman–Crippen MR) is 65.3 cm³/mol. The molecule has 1 saturated heterocycles. The number of primary amides is 1. The van der Waals surface area contributed by atoms with E-state index in [0.717, 1.165) is 11.3 Å². The average molecular weight is 236 g/mol. The molecule has 0 bridgehead atoms. The van der Waals surface area contributed by atoms with Crippen LogP contribution in [-0.2, 0) is 4.79 Å². The zero-order chi connectivity index (χ0) is 12.6. The van der Waals surface area contributed by atoms with Crippen LogP contribution in [0.1, 0.15) is 18.9 Å². The lowest BCUT2D eigenvalue weighted by atomic mass is 9.98. The first-order valence-electron chi connectivity index (χ1n) is 5.75. The van der Waals surface area contributed by atoms with Gasteiger partial charge >= 0.3 is 0 Å². The maximum Gasteiger partial charge on any atom is 0.225 e. The Balaban J connectivity index is 2.33. The first kappa shape index (κ1) is 11.9. The molecular weight excluding hydrogens is 219 g/mol. The molecule has 0 radical (unpaired) electrons. The van der Waals surface area contributed by atoms with Gasteiger partial charge in [-0.3, -0.25) is 4.79 Å². The van der Waals surface area contributed by atoms with E-state index in [1.807, 2.05) is 31.2 Å². The van der Waals surface area contributed by atoms with Gasteiger partial charge in [0.15, 0.2) is 5.79 Å². The molecule has 0 aliphatic carbocycles. The van der Waals surface area contributed by atoms with Gasteiger partial charge in [-0.2, -0.15) is 0 Å². The molecule has 1 fully saturated rings. The van der Waals surface area contributed by atoms with Crippen molar-refractivity contribution in [1.29, 1.82) is 0 Å². The van der Waals surface area contributed by atoms with E-state index in [-0.39, 0.29) is 0 Å². The Kier molecular flexibility index (Phi) is 2.81. The van der Waals surface area contributed by atoms with Crippen molar-refractivity contribution in [3.05, 3.63) is 29.8 Å². The van der Waals surface area contributed by atoms with Gasteiger partial charge < -0.3 is 10.6 Å². The SMILES string of the molecule is Cc1cccc(N2CCC(C(N)=O)C2(C)F)c1. The molecule has 3 nitrogen and oxygen atoms in total. The van der Waals surface area contributed by atoms with Crippen molar-refractivity contribution in [2.45, 2.75) is 26.1 Å². The van der Waals surface area contributed by atoms with Crippen molar-refractivity contribution in [3.63, 3.8) is 0 Å². The van der Waals surface area contributed by atoms with E-state index < -0.39 is 17.6 Å². The average Bonchev–Trinajstić information content (AvgIpc) is 2.53. The Morgan fingerprint density at radius 2 is 2.29 bits per heavy atom. The maximum absolute atomic E-state index is 14.6. The second kappa shape index (κ2) is 4.02. The van der Waals surface area contributed by atoms with E-state index in [1.54, 1.807) is 4.90 Å². The fourth-order valence-corrected chi connectivity index (χ4v) is 2.51. The van der Waals surface area contributed by atoms with Gasteiger partial charge in [-0.1, -0.05) is 12.1 Å². The van der Waals surface area contributed by atoms with Gasteiger partial charge in [0, 0.05) is 12.2 Å². The van der Waals surface area contributed by atoms with Crippen molar-refractivity contribution >= 4 is 11.6 Å². The summed E-state index contributed by atoms with van der Waals surface area (Å²) >= 11 is 0. The van der Waals surface area contributed by atoms with E-state index in [4.69, 9.17) is 5.73 Å². The van der Waals surface area contributed by atoms with Gasteiger partial charge in [-0.05, 0) is 38.0 Å². The molecule has 0 saturated carbocycles. The zero-order valence-corrected chi connectivity index (χ0v) is 10.1. The molecule has 1 aliphatic heterocycles. The summed E-state index contributed by atoms with van der Waals surface area (Å²) in [6.07, 6.45) is 0.469. The lowest BCUT2D eigenvalue weighted by molar-refractivity contribution is -0.125. The Hall–Kier alpha value is -1.58. The number of anilines is 1. The van der Waals surface area contributed by atoms with Crippen LogP contribution in [0, 0.1) is 12.8 Å². The van der Waals surface area contributed by atoms with Crippen LogP contribution in [-0.4, -0.2) is 18.2 Å². The highest BCUT2D eigenvalue weighted by molar-refractivity contribution is 5.79. The first-order valence-corrected chi connectivity index (χ1v) is 5.75. The summed E-state index contributed by atoms with van der Waals surface area (Å²) in [6, 6.07) is 7.62. The van der Waals surface area contributed by atoms with Crippen LogP contribution in [0.25, 0.3) is 0 Å². The third-order valence-electron chi connectivity index (χ3n) is 3.46. The van der Waals surface area contributed by atoms with E-state index in [9.17, 15) is 9.18 Å². The van der Waals surface area contributed by atoms with Crippen LogP contribution in [0.5, 0.6) is 0 Å². The van der Waals surface area contributed by atoms with Gasteiger partial charge in [-0.15, -0.1) is 0 Å². The summed E-state index contributed by atoms with van der Waals surface area (Å²) in [4.78, 5) is 12.8. The highest BCUT2D eigenvalue weighted by Gasteiger charge is 2.48. The lowest BCUT2D eigenvalue weighted by Crippen LogP contribution is -2.45. The van der Waals surface area contributed by atoms with Crippen LogP contribution in [0.3, 0.4) is 0 Å². The molecule has 1 heterocycles. The Bertz CT molecular complexity index is 445. The molecule has 1 amide bonds. The number of aryl methyl sites for hydroxylation is 1. The number of halogens is 1. The number of nitrogens with zero attached hydrogens (tertiary/aromatic N) is 1. The van der Waals surface area contributed by atoms with Crippen molar-refractivity contribution < 1.29 is 9.18 Å². The van der Waals surface area contributed by atoms with Crippen molar-refractivity contribution in [2.75, 3.05) is 11.4 Å². The minimum Gasteiger partial charge on any atom is -0.369 e. The van der Waals surface area contributed by atoms with E-state index in [0.29, 0.717) is 13.0 Å². The van der Waals surface area contributed by atoms with Gasteiger partial charge in [0.1, 0.15) is 0 Å². The Labute approximate surface area is 100 Å². The summed E-state index contributed by atoms with van der Waals surface area (Å²) < 4.78 is 14.6. The number of benzene rings is 1. The van der Waals surface area contributed by atoms with Crippen LogP contribution in [0.15, 0.2) is 24.3 Å². The number of carbonyl (C=O) groups is 1. The third kappa shape index (κ3) is 1.99. The third-order valence-corrected chi connectivity index (χ3v) is 3.46. The zero-order valence-electron chi connectivity index (χ0n) is 10.1. The molecule has 2 N–H and O–H groups in total. The Morgan fingerprint density at radius 1 is 1.59 bits per heavy atom. The number of nitrogens with two attached hydrogens (primary N) is 1. The molecule has 4 heteroatoms. The monoisotopic (exact) mass is 236 g/mol. The molecule has 0 aromatic heterocycles. The highest BCUT2D eigenvalue weighted by Crippen LogP contribution is 2.39. The number of rotatable bonds is 2. The van der Waals surface area contributed by atoms with Crippen LogP contribution >= 0.6 is 0 Å². The molecular formula is C13H17FN2O. The quantitative estimate of drug-likeness (QED) is 0.798. The summed E-state index contributed by atoms with van der Waals surface area (Å²) in [5, 5.41) is 0. The molecule has 2 rings (SSSR count). The van der Waals surface area contributed by atoms with Gasteiger partial charge in [0.25, 0.3) is 0 Å². The predicted octanol–water partition coefficient (Wildman–Crippen LogP) is 1.99. The highest BCUT2D eigenvalue weighted by atomic mass is 19.1. The smallest absolute Gasteiger partial charge is 0.225 e. The molecule has 2 unspecified atom stereocenters. The Morgan fingerprint density at radius 3 is 2.82 bits per heavy atom. The summed E-state index contributed by atoms with van der Waals surface area (Å²) in [6.45, 7) is 3.91. The van der Waals surface area contributed by atoms with Crippen molar-refractivity contribution in [1.82, 2.24) is 0 Å². The molecule has 1 aromatic rings. The van der Waals surface area contributed by atoms with E-state index in [2.05, 4.69) is 0 Å².